The number of ketones is 1. The second kappa shape index (κ2) is 4.19. The highest BCUT2D eigenvalue weighted by atomic mass is 16.3. The van der Waals surface area contributed by atoms with Crippen LogP contribution in [0.5, 0.6) is 0 Å². The summed E-state index contributed by atoms with van der Waals surface area (Å²) in [7, 11) is 0. The molecule has 0 amide bonds. The number of rotatable bonds is 3. The molecule has 0 spiro atoms. The van der Waals surface area contributed by atoms with Gasteiger partial charge in [-0.15, -0.1) is 0 Å². The van der Waals surface area contributed by atoms with Crippen LogP contribution in [0, 0.1) is 13.8 Å². The van der Waals surface area contributed by atoms with E-state index in [1.54, 1.807) is 0 Å². The zero-order valence-electron chi connectivity index (χ0n) is 8.00. The fourth-order valence-electron chi connectivity index (χ4n) is 1.36. The molecule has 1 aromatic rings. The third-order valence-corrected chi connectivity index (χ3v) is 2.02. The van der Waals surface area contributed by atoms with Crippen molar-refractivity contribution in [1.82, 2.24) is 0 Å². The zero-order valence-corrected chi connectivity index (χ0v) is 8.00. The maximum absolute atomic E-state index is 11.4. The fourth-order valence-corrected chi connectivity index (χ4v) is 1.36. The van der Waals surface area contributed by atoms with Gasteiger partial charge in [0.2, 0.25) is 0 Å². The van der Waals surface area contributed by atoms with Crippen molar-refractivity contribution >= 4 is 5.78 Å². The third kappa shape index (κ3) is 2.39. The lowest BCUT2D eigenvalue weighted by molar-refractivity contribution is 0.0956. The number of carbonyl (C=O) groups is 1. The molecule has 0 bridgehead atoms. The van der Waals surface area contributed by atoms with Crippen molar-refractivity contribution in [3.05, 3.63) is 34.9 Å². The molecule has 0 heterocycles. The lowest BCUT2D eigenvalue weighted by Gasteiger charge is -2.04. The van der Waals surface area contributed by atoms with Gasteiger partial charge in [-0.25, -0.2) is 0 Å². The van der Waals surface area contributed by atoms with Crippen molar-refractivity contribution in [1.29, 1.82) is 0 Å². The first-order valence-electron chi connectivity index (χ1n) is 4.36. The molecule has 0 aromatic heterocycles. The zero-order chi connectivity index (χ0) is 9.84. The maximum Gasteiger partial charge on any atom is 0.165 e. The van der Waals surface area contributed by atoms with Crippen LogP contribution in [-0.4, -0.2) is 17.5 Å². The van der Waals surface area contributed by atoms with E-state index < -0.39 is 0 Å². The molecule has 0 aliphatic carbocycles. The smallest absolute Gasteiger partial charge is 0.165 e. The minimum Gasteiger partial charge on any atom is -0.396 e. The molecule has 0 atom stereocenters. The van der Waals surface area contributed by atoms with Crippen LogP contribution >= 0.6 is 0 Å². The Labute approximate surface area is 78.2 Å². The summed E-state index contributed by atoms with van der Waals surface area (Å²) in [4.78, 5) is 11.4. The molecule has 13 heavy (non-hydrogen) atoms. The SMILES string of the molecule is Cc1ccc(C(=O)CCO)c(C)c1. The molecule has 0 unspecified atom stereocenters. The van der Waals surface area contributed by atoms with Gasteiger partial charge in [0.25, 0.3) is 0 Å². The Hall–Kier alpha value is -1.15. The minimum atomic E-state index is -0.0772. The van der Waals surface area contributed by atoms with Crippen LogP contribution in [0.1, 0.15) is 27.9 Å². The number of carbonyl (C=O) groups excluding carboxylic acids is 1. The van der Waals surface area contributed by atoms with Gasteiger partial charge in [0.05, 0.1) is 6.61 Å². The van der Waals surface area contributed by atoms with E-state index in [0.29, 0.717) is 0 Å². The van der Waals surface area contributed by atoms with Crippen LogP contribution in [0.25, 0.3) is 0 Å². The minimum absolute atomic E-state index is 0.0139. The molecule has 0 saturated heterocycles. The molecule has 0 radical (unpaired) electrons. The highest BCUT2D eigenvalue weighted by Gasteiger charge is 2.07. The van der Waals surface area contributed by atoms with Gasteiger partial charge in [-0.3, -0.25) is 4.79 Å². The van der Waals surface area contributed by atoms with Crippen molar-refractivity contribution < 1.29 is 9.90 Å². The van der Waals surface area contributed by atoms with Gasteiger partial charge in [0.1, 0.15) is 0 Å². The molecule has 1 rings (SSSR count). The van der Waals surface area contributed by atoms with Gasteiger partial charge in [0, 0.05) is 12.0 Å². The van der Waals surface area contributed by atoms with Crippen LogP contribution < -0.4 is 0 Å². The van der Waals surface area contributed by atoms with Crippen molar-refractivity contribution in [3.63, 3.8) is 0 Å². The van der Waals surface area contributed by atoms with Crippen molar-refractivity contribution in [3.8, 4) is 0 Å². The predicted molar refractivity (Wildman–Crippen MR) is 51.9 cm³/mol. The first kappa shape index (κ1) is 9.93. The Morgan fingerprint density at radius 3 is 2.62 bits per heavy atom. The van der Waals surface area contributed by atoms with Crippen molar-refractivity contribution in [2.24, 2.45) is 0 Å². The number of aryl methyl sites for hydroxylation is 2. The summed E-state index contributed by atoms with van der Waals surface area (Å²) in [5.41, 5.74) is 2.86. The number of aliphatic hydroxyl groups excluding tert-OH is 1. The topological polar surface area (TPSA) is 37.3 Å². The summed E-state index contributed by atoms with van der Waals surface area (Å²) in [5, 5.41) is 8.62. The highest BCUT2D eigenvalue weighted by Crippen LogP contribution is 2.12. The van der Waals surface area contributed by atoms with E-state index >= 15 is 0 Å². The van der Waals surface area contributed by atoms with Crippen LogP contribution in [-0.2, 0) is 0 Å². The standard InChI is InChI=1S/C11H14O2/c1-8-3-4-10(9(2)7-8)11(13)5-6-12/h3-4,7,12H,5-6H2,1-2H3. The molecule has 1 aromatic carbocycles. The summed E-state index contributed by atoms with van der Waals surface area (Å²) in [6, 6.07) is 5.71. The van der Waals surface area contributed by atoms with E-state index in [1.165, 1.54) is 0 Å². The van der Waals surface area contributed by atoms with Gasteiger partial charge >= 0.3 is 0 Å². The second-order valence-electron chi connectivity index (χ2n) is 3.22. The molecule has 1 N–H and O–H groups in total. The average Bonchev–Trinajstić information content (AvgIpc) is 2.04. The molecule has 70 valence electrons. The first-order chi connectivity index (χ1) is 6.15. The third-order valence-electron chi connectivity index (χ3n) is 2.02. The summed E-state index contributed by atoms with van der Waals surface area (Å²) < 4.78 is 0. The van der Waals surface area contributed by atoms with Gasteiger partial charge in [-0.2, -0.15) is 0 Å². The van der Waals surface area contributed by atoms with Gasteiger partial charge in [-0.05, 0) is 19.4 Å². The molecule has 0 aliphatic heterocycles. The highest BCUT2D eigenvalue weighted by molar-refractivity contribution is 5.97. The number of hydrogen-bond donors (Lipinski definition) is 1. The maximum atomic E-state index is 11.4. The quantitative estimate of drug-likeness (QED) is 0.717. The Kier molecular flexibility index (Phi) is 3.20. The molecule has 2 nitrogen and oxygen atoms in total. The Bertz CT molecular complexity index is 316. The van der Waals surface area contributed by atoms with E-state index in [4.69, 9.17) is 5.11 Å². The van der Waals surface area contributed by atoms with E-state index in [1.807, 2.05) is 32.0 Å². The predicted octanol–water partition coefficient (Wildman–Crippen LogP) is 1.87. The lowest BCUT2D eigenvalue weighted by atomic mass is 10.0. The van der Waals surface area contributed by atoms with E-state index in [-0.39, 0.29) is 18.8 Å². The van der Waals surface area contributed by atoms with Crippen molar-refractivity contribution in [2.45, 2.75) is 20.3 Å². The summed E-state index contributed by atoms with van der Waals surface area (Å²) >= 11 is 0. The largest absolute Gasteiger partial charge is 0.396 e. The van der Waals surface area contributed by atoms with E-state index in [0.717, 1.165) is 16.7 Å². The summed E-state index contributed by atoms with van der Waals surface area (Å²) in [6.45, 7) is 3.83. The van der Waals surface area contributed by atoms with Crippen LogP contribution in [0.15, 0.2) is 18.2 Å². The van der Waals surface area contributed by atoms with Crippen LogP contribution in [0.4, 0.5) is 0 Å². The average molecular weight is 178 g/mol. The van der Waals surface area contributed by atoms with Crippen molar-refractivity contribution in [2.75, 3.05) is 6.61 Å². The number of Topliss-reactive ketones (excluding diaryl/α,β-unsaturated/α-hetero) is 1. The molecule has 2 heteroatoms. The first-order valence-corrected chi connectivity index (χ1v) is 4.36. The Morgan fingerprint density at radius 2 is 2.08 bits per heavy atom. The monoisotopic (exact) mass is 178 g/mol. The number of aliphatic hydroxyl groups is 1. The molecular formula is C11H14O2. The summed E-state index contributed by atoms with van der Waals surface area (Å²) in [6.07, 6.45) is 0.212. The molecule has 0 saturated carbocycles. The Morgan fingerprint density at radius 1 is 1.38 bits per heavy atom. The van der Waals surface area contributed by atoms with Crippen LogP contribution in [0.2, 0.25) is 0 Å². The van der Waals surface area contributed by atoms with Gasteiger partial charge < -0.3 is 5.11 Å². The van der Waals surface area contributed by atoms with Gasteiger partial charge in [0.15, 0.2) is 5.78 Å². The number of hydrogen-bond acceptors (Lipinski definition) is 2. The summed E-state index contributed by atoms with van der Waals surface area (Å²) in [5.74, 6) is 0.0139. The van der Waals surface area contributed by atoms with Gasteiger partial charge in [-0.1, -0.05) is 23.8 Å². The molecule has 0 aliphatic rings. The van der Waals surface area contributed by atoms with E-state index in [9.17, 15) is 4.79 Å². The fraction of sp³-hybridized carbons (Fsp3) is 0.364. The molecule has 0 fully saturated rings. The molecular weight excluding hydrogens is 164 g/mol. The second-order valence-corrected chi connectivity index (χ2v) is 3.22. The number of benzene rings is 1. The Balaban J connectivity index is 2.95. The van der Waals surface area contributed by atoms with E-state index in [2.05, 4.69) is 0 Å². The van der Waals surface area contributed by atoms with Crippen LogP contribution in [0.3, 0.4) is 0 Å². The lowest BCUT2D eigenvalue weighted by Crippen LogP contribution is -2.03. The normalized spacial score (nSPS) is 10.1.